The van der Waals surface area contributed by atoms with Gasteiger partial charge in [-0.1, -0.05) is 0 Å². The van der Waals surface area contributed by atoms with Crippen molar-refractivity contribution >= 4 is 48.9 Å². The molecule has 0 aliphatic rings. The maximum atomic E-state index is 11.8. The van der Waals surface area contributed by atoms with E-state index in [0.29, 0.717) is 24.0 Å². The lowest BCUT2D eigenvalue weighted by atomic mass is 10.3. The first kappa shape index (κ1) is 15.4. The highest BCUT2D eigenvalue weighted by Crippen LogP contribution is 2.27. The Morgan fingerprint density at radius 3 is 2.88 bits per heavy atom. The highest BCUT2D eigenvalue weighted by molar-refractivity contribution is 9.10. The molecule has 17 heavy (non-hydrogen) atoms. The molecule has 1 aromatic heterocycles. The van der Waals surface area contributed by atoms with Gasteiger partial charge >= 0.3 is 0 Å². The number of hydrogen-bond donors (Lipinski definition) is 1. The molecule has 0 saturated carbocycles. The topological polar surface area (TPSA) is 55.4 Å². The van der Waals surface area contributed by atoms with Gasteiger partial charge in [0.05, 0.1) is 12.0 Å². The smallest absolute Gasteiger partial charge is 0.251 e. The minimum atomic E-state index is -3.44. The summed E-state index contributed by atoms with van der Waals surface area (Å²) in [5.74, 6) is 0. The molecule has 1 unspecified atom stereocenters. The minimum absolute atomic E-state index is 0.186. The van der Waals surface area contributed by atoms with E-state index in [4.69, 9.17) is 16.3 Å². The first-order chi connectivity index (χ1) is 7.97. The Balaban J connectivity index is 2.49. The third-order valence-electron chi connectivity index (χ3n) is 1.93. The molecule has 1 aromatic rings. The quantitative estimate of drug-likeness (QED) is 0.758. The zero-order valence-electron chi connectivity index (χ0n) is 9.15. The van der Waals surface area contributed by atoms with Crippen LogP contribution < -0.4 is 4.72 Å². The SMILES string of the molecule is COCC(Cl)CCNS(=O)(=O)c1sccc1Br. The molecular formula is C9H13BrClNO3S2. The standard InChI is InChI=1S/C9H13BrClNO3S2/c1-15-6-7(11)2-4-12-17(13,14)9-8(10)3-5-16-9/h3,5,7,12H,2,4,6H2,1H3. The lowest BCUT2D eigenvalue weighted by Crippen LogP contribution is -2.26. The van der Waals surface area contributed by atoms with Gasteiger partial charge in [0.15, 0.2) is 0 Å². The van der Waals surface area contributed by atoms with Crippen LogP contribution in [-0.4, -0.2) is 34.1 Å². The van der Waals surface area contributed by atoms with Crippen molar-refractivity contribution in [3.8, 4) is 0 Å². The monoisotopic (exact) mass is 361 g/mol. The summed E-state index contributed by atoms with van der Waals surface area (Å²) in [5, 5.41) is 1.53. The number of hydrogen-bond acceptors (Lipinski definition) is 4. The molecule has 0 aliphatic carbocycles. The summed E-state index contributed by atoms with van der Waals surface area (Å²) in [5.41, 5.74) is 0. The molecule has 0 fully saturated rings. The predicted molar refractivity (Wildman–Crippen MR) is 73.3 cm³/mol. The molecule has 0 radical (unpaired) electrons. The Hall–Kier alpha value is 0.340. The van der Waals surface area contributed by atoms with Gasteiger partial charge in [-0.15, -0.1) is 22.9 Å². The van der Waals surface area contributed by atoms with Crippen molar-refractivity contribution in [2.24, 2.45) is 0 Å². The van der Waals surface area contributed by atoms with Crippen LogP contribution in [0.15, 0.2) is 20.1 Å². The number of thiophene rings is 1. The lowest BCUT2D eigenvalue weighted by Gasteiger charge is -2.09. The molecule has 0 amide bonds. The molecule has 0 spiro atoms. The van der Waals surface area contributed by atoms with E-state index < -0.39 is 10.0 Å². The van der Waals surface area contributed by atoms with Crippen LogP contribution in [0.3, 0.4) is 0 Å². The van der Waals surface area contributed by atoms with E-state index in [0.717, 1.165) is 0 Å². The number of sulfonamides is 1. The second-order valence-corrected chi connectivity index (χ2v) is 7.64. The molecule has 98 valence electrons. The fraction of sp³-hybridized carbons (Fsp3) is 0.556. The number of alkyl halides is 1. The van der Waals surface area contributed by atoms with Crippen LogP contribution >= 0.6 is 38.9 Å². The summed E-state index contributed by atoms with van der Waals surface area (Å²) >= 11 is 10.3. The molecule has 0 aliphatic heterocycles. The van der Waals surface area contributed by atoms with Gasteiger partial charge in [0.25, 0.3) is 10.0 Å². The molecule has 0 saturated heterocycles. The van der Waals surface area contributed by atoms with Crippen LogP contribution in [0.1, 0.15) is 6.42 Å². The molecule has 4 nitrogen and oxygen atoms in total. The molecule has 1 rings (SSSR count). The summed E-state index contributed by atoms with van der Waals surface area (Å²) in [6, 6.07) is 1.70. The van der Waals surface area contributed by atoms with Crippen LogP contribution in [0.5, 0.6) is 0 Å². The molecule has 1 atom stereocenters. The maximum absolute atomic E-state index is 11.8. The number of nitrogens with one attached hydrogen (secondary N) is 1. The average Bonchev–Trinajstić information content (AvgIpc) is 2.65. The molecule has 1 heterocycles. The predicted octanol–water partition coefficient (Wildman–Crippen LogP) is 2.43. The molecular weight excluding hydrogens is 350 g/mol. The van der Waals surface area contributed by atoms with Crippen molar-refractivity contribution < 1.29 is 13.2 Å². The van der Waals surface area contributed by atoms with Gasteiger partial charge in [0.2, 0.25) is 0 Å². The van der Waals surface area contributed by atoms with Gasteiger partial charge in [-0.2, -0.15) is 0 Å². The summed E-state index contributed by atoms with van der Waals surface area (Å²) in [6.07, 6.45) is 0.525. The second kappa shape index (κ2) is 7.06. The summed E-state index contributed by atoms with van der Waals surface area (Å²) in [7, 11) is -1.88. The van der Waals surface area contributed by atoms with Crippen LogP contribution in [0.4, 0.5) is 0 Å². The Bertz CT molecular complexity index is 449. The summed E-state index contributed by atoms with van der Waals surface area (Å²) in [6.45, 7) is 0.705. The molecule has 0 bridgehead atoms. The number of rotatable bonds is 7. The van der Waals surface area contributed by atoms with E-state index >= 15 is 0 Å². The largest absolute Gasteiger partial charge is 0.383 e. The highest BCUT2D eigenvalue weighted by atomic mass is 79.9. The Labute approximate surface area is 118 Å². The van der Waals surface area contributed by atoms with Crippen molar-refractivity contribution in [3.05, 3.63) is 15.9 Å². The lowest BCUT2D eigenvalue weighted by molar-refractivity contribution is 0.196. The first-order valence-electron chi connectivity index (χ1n) is 4.83. The third kappa shape index (κ3) is 4.84. The Morgan fingerprint density at radius 1 is 1.65 bits per heavy atom. The van der Waals surface area contributed by atoms with E-state index in [1.807, 2.05) is 0 Å². The van der Waals surface area contributed by atoms with Crippen LogP contribution in [-0.2, 0) is 14.8 Å². The zero-order valence-corrected chi connectivity index (χ0v) is 13.1. The third-order valence-corrected chi connectivity index (χ3v) is 6.40. The van der Waals surface area contributed by atoms with Crippen LogP contribution in [0.25, 0.3) is 0 Å². The fourth-order valence-corrected chi connectivity index (χ4v) is 4.81. The molecule has 0 aromatic carbocycles. The van der Waals surface area contributed by atoms with Crippen LogP contribution in [0.2, 0.25) is 0 Å². The Morgan fingerprint density at radius 2 is 2.35 bits per heavy atom. The van der Waals surface area contributed by atoms with Crippen molar-refractivity contribution in [2.75, 3.05) is 20.3 Å². The molecule has 8 heteroatoms. The first-order valence-corrected chi connectivity index (χ1v) is 8.42. The van der Waals surface area contributed by atoms with E-state index in [1.54, 1.807) is 18.6 Å². The van der Waals surface area contributed by atoms with Gasteiger partial charge in [-0.05, 0) is 33.8 Å². The summed E-state index contributed by atoms with van der Waals surface area (Å²) in [4.78, 5) is 0. The van der Waals surface area contributed by atoms with E-state index in [-0.39, 0.29) is 9.59 Å². The maximum Gasteiger partial charge on any atom is 0.251 e. The number of ether oxygens (including phenoxy) is 1. The van der Waals surface area contributed by atoms with Crippen molar-refractivity contribution in [1.29, 1.82) is 0 Å². The summed E-state index contributed by atoms with van der Waals surface area (Å²) < 4.78 is 31.9. The van der Waals surface area contributed by atoms with E-state index in [1.165, 1.54) is 11.3 Å². The van der Waals surface area contributed by atoms with E-state index in [9.17, 15) is 8.42 Å². The van der Waals surface area contributed by atoms with Gasteiger partial charge in [-0.25, -0.2) is 13.1 Å². The zero-order chi connectivity index (χ0) is 12.9. The Kier molecular flexibility index (Phi) is 6.39. The molecule has 1 N–H and O–H groups in total. The van der Waals surface area contributed by atoms with Gasteiger partial charge in [-0.3, -0.25) is 0 Å². The van der Waals surface area contributed by atoms with E-state index in [2.05, 4.69) is 20.7 Å². The second-order valence-electron chi connectivity index (χ2n) is 3.30. The number of methoxy groups -OCH3 is 1. The minimum Gasteiger partial charge on any atom is -0.383 e. The highest BCUT2D eigenvalue weighted by Gasteiger charge is 2.18. The van der Waals surface area contributed by atoms with Crippen molar-refractivity contribution in [3.63, 3.8) is 0 Å². The fourth-order valence-electron chi connectivity index (χ4n) is 1.15. The average molecular weight is 363 g/mol. The van der Waals surface area contributed by atoms with Crippen LogP contribution in [0, 0.1) is 0 Å². The van der Waals surface area contributed by atoms with Gasteiger partial charge in [0.1, 0.15) is 4.21 Å². The van der Waals surface area contributed by atoms with Gasteiger partial charge in [0, 0.05) is 18.1 Å². The normalized spacial score (nSPS) is 13.8. The number of halogens is 2. The van der Waals surface area contributed by atoms with Gasteiger partial charge < -0.3 is 4.74 Å². The van der Waals surface area contributed by atoms with Crippen molar-refractivity contribution in [2.45, 2.75) is 16.0 Å². The van der Waals surface area contributed by atoms with Crippen molar-refractivity contribution in [1.82, 2.24) is 4.72 Å².